The van der Waals surface area contributed by atoms with E-state index in [9.17, 15) is 5.11 Å². The van der Waals surface area contributed by atoms with Crippen molar-refractivity contribution in [3.63, 3.8) is 0 Å². The summed E-state index contributed by atoms with van der Waals surface area (Å²) in [5.41, 5.74) is 4.44. The third-order valence-electron chi connectivity index (χ3n) is 5.47. The highest BCUT2D eigenvalue weighted by Crippen LogP contribution is 2.29. The van der Waals surface area contributed by atoms with Crippen LogP contribution in [0.5, 0.6) is 5.75 Å². The highest BCUT2D eigenvalue weighted by Gasteiger charge is 2.12. The van der Waals surface area contributed by atoms with E-state index in [-0.39, 0.29) is 0 Å². The number of hydrogen-bond acceptors (Lipinski definition) is 3. The summed E-state index contributed by atoms with van der Waals surface area (Å²) >= 11 is 0. The summed E-state index contributed by atoms with van der Waals surface area (Å²) in [6.45, 7) is 3.73. The molecule has 2 N–H and O–H groups in total. The molecule has 0 saturated heterocycles. The first-order valence-electron chi connectivity index (χ1n) is 10.3. The Morgan fingerprint density at radius 3 is 2.40 bits per heavy atom. The second kappa shape index (κ2) is 9.57. The number of rotatable bonds is 8. The standard InChI is InChI=1S/C27H27NO2/c1-20-9-5-6-13-23(20)19-30-27-16-15-21-10-7-8-14-24(21)25(27)17-28-18-26(29)22-11-3-2-4-12-22/h2-16,26,28-29H,17-19H2,1H3/t26-/m1/s1. The maximum atomic E-state index is 10.5. The quantitative estimate of drug-likeness (QED) is 0.410. The molecule has 3 nitrogen and oxygen atoms in total. The molecule has 1 atom stereocenters. The highest BCUT2D eigenvalue weighted by atomic mass is 16.5. The fraction of sp³-hybridized carbons (Fsp3) is 0.185. The molecule has 152 valence electrons. The molecule has 0 unspecified atom stereocenters. The molecular weight excluding hydrogens is 370 g/mol. The van der Waals surface area contributed by atoms with Crippen molar-refractivity contribution >= 4 is 10.8 Å². The van der Waals surface area contributed by atoms with Crippen LogP contribution in [0.4, 0.5) is 0 Å². The smallest absolute Gasteiger partial charge is 0.124 e. The SMILES string of the molecule is Cc1ccccc1COc1ccc2ccccc2c1CNC[C@@H](O)c1ccccc1. The number of nitrogens with one attached hydrogen (secondary N) is 1. The van der Waals surface area contributed by atoms with Gasteiger partial charge >= 0.3 is 0 Å². The van der Waals surface area contributed by atoms with Crippen LogP contribution >= 0.6 is 0 Å². The Morgan fingerprint density at radius 1 is 0.833 bits per heavy atom. The minimum absolute atomic E-state index is 0.477. The van der Waals surface area contributed by atoms with Gasteiger partial charge < -0.3 is 15.2 Å². The molecule has 4 aromatic carbocycles. The van der Waals surface area contributed by atoms with Gasteiger partial charge in [-0.2, -0.15) is 0 Å². The molecule has 0 saturated carbocycles. The topological polar surface area (TPSA) is 41.5 Å². The van der Waals surface area contributed by atoms with Gasteiger partial charge in [0.25, 0.3) is 0 Å². The summed E-state index contributed by atoms with van der Waals surface area (Å²) in [6, 6.07) is 30.5. The molecule has 0 heterocycles. The molecule has 0 aliphatic rings. The summed E-state index contributed by atoms with van der Waals surface area (Å²) in [7, 11) is 0. The van der Waals surface area contributed by atoms with Crippen molar-refractivity contribution in [2.75, 3.05) is 6.54 Å². The lowest BCUT2D eigenvalue weighted by Gasteiger charge is -2.17. The first-order chi connectivity index (χ1) is 14.7. The van der Waals surface area contributed by atoms with Crippen LogP contribution in [0.15, 0.2) is 91.0 Å². The van der Waals surface area contributed by atoms with Gasteiger partial charge in [-0.15, -0.1) is 0 Å². The van der Waals surface area contributed by atoms with Crippen molar-refractivity contribution in [1.29, 1.82) is 0 Å². The number of aryl methyl sites for hydroxylation is 1. The van der Waals surface area contributed by atoms with Crippen LogP contribution in [0.25, 0.3) is 10.8 Å². The molecular formula is C27H27NO2. The predicted molar refractivity (Wildman–Crippen MR) is 123 cm³/mol. The minimum atomic E-state index is -0.544. The van der Waals surface area contributed by atoms with Crippen LogP contribution < -0.4 is 10.1 Å². The first-order valence-corrected chi connectivity index (χ1v) is 10.3. The molecule has 0 amide bonds. The normalized spacial score (nSPS) is 12.1. The summed E-state index contributed by atoms with van der Waals surface area (Å²) in [4.78, 5) is 0. The minimum Gasteiger partial charge on any atom is -0.489 e. The average molecular weight is 398 g/mol. The highest BCUT2D eigenvalue weighted by molar-refractivity contribution is 5.87. The zero-order chi connectivity index (χ0) is 20.8. The summed E-state index contributed by atoms with van der Waals surface area (Å²) in [5.74, 6) is 0.874. The Labute approximate surface area is 178 Å². The summed E-state index contributed by atoms with van der Waals surface area (Å²) in [6.07, 6.45) is -0.544. The third-order valence-corrected chi connectivity index (χ3v) is 5.47. The molecule has 0 fully saturated rings. The molecule has 0 spiro atoms. The monoisotopic (exact) mass is 397 g/mol. The fourth-order valence-electron chi connectivity index (χ4n) is 3.69. The molecule has 0 radical (unpaired) electrons. The van der Waals surface area contributed by atoms with Gasteiger partial charge in [0.2, 0.25) is 0 Å². The average Bonchev–Trinajstić information content (AvgIpc) is 2.79. The van der Waals surface area contributed by atoms with Gasteiger partial charge in [0, 0.05) is 18.7 Å². The van der Waals surface area contributed by atoms with E-state index < -0.39 is 6.10 Å². The van der Waals surface area contributed by atoms with Crippen LogP contribution in [0.2, 0.25) is 0 Å². The van der Waals surface area contributed by atoms with E-state index in [1.165, 1.54) is 21.9 Å². The largest absolute Gasteiger partial charge is 0.489 e. The van der Waals surface area contributed by atoms with Gasteiger partial charge in [-0.05, 0) is 40.5 Å². The lowest BCUT2D eigenvalue weighted by Crippen LogP contribution is -2.21. The fourth-order valence-corrected chi connectivity index (χ4v) is 3.69. The van der Waals surface area contributed by atoms with Gasteiger partial charge in [0.05, 0.1) is 6.10 Å². The predicted octanol–water partition coefficient (Wildman–Crippen LogP) is 5.55. The van der Waals surface area contributed by atoms with Gasteiger partial charge in [-0.25, -0.2) is 0 Å². The van der Waals surface area contributed by atoms with E-state index in [1.807, 2.05) is 54.6 Å². The van der Waals surface area contributed by atoms with Crippen molar-refractivity contribution < 1.29 is 9.84 Å². The molecule has 4 rings (SSSR count). The number of fused-ring (bicyclic) bond motifs is 1. The van der Waals surface area contributed by atoms with E-state index in [2.05, 4.69) is 48.6 Å². The van der Waals surface area contributed by atoms with E-state index in [0.717, 1.165) is 16.9 Å². The number of aliphatic hydroxyl groups excluding tert-OH is 1. The number of benzene rings is 4. The molecule has 3 heteroatoms. The molecule has 0 aliphatic carbocycles. The maximum absolute atomic E-state index is 10.5. The summed E-state index contributed by atoms with van der Waals surface area (Å²) in [5, 5.41) is 16.2. The van der Waals surface area contributed by atoms with Gasteiger partial charge in [0.15, 0.2) is 0 Å². The summed E-state index contributed by atoms with van der Waals surface area (Å²) < 4.78 is 6.25. The molecule has 0 aromatic heterocycles. The number of ether oxygens (including phenoxy) is 1. The van der Waals surface area contributed by atoms with Crippen LogP contribution in [0, 0.1) is 6.92 Å². The Morgan fingerprint density at radius 2 is 1.57 bits per heavy atom. The van der Waals surface area contributed by atoms with E-state index in [1.54, 1.807) is 0 Å². The number of aliphatic hydroxyl groups is 1. The Bertz CT molecular complexity index is 1110. The molecule has 0 aliphatic heterocycles. The van der Waals surface area contributed by atoms with Crippen molar-refractivity contribution in [1.82, 2.24) is 5.32 Å². The van der Waals surface area contributed by atoms with Gasteiger partial charge in [-0.1, -0.05) is 84.9 Å². The first kappa shape index (κ1) is 20.1. The zero-order valence-electron chi connectivity index (χ0n) is 17.2. The molecule has 30 heavy (non-hydrogen) atoms. The van der Waals surface area contributed by atoms with Crippen LogP contribution in [0.3, 0.4) is 0 Å². The van der Waals surface area contributed by atoms with E-state index in [0.29, 0.717) is 19.7 Å². The van der Waals surface area contributed by atoms with E-state index in [4.69, 9.17) is 4.74 Å². The lowest BCUT2D eigenvalue weighted by molar-refractivity contribution is 0.174. The van der Waals surface area contributed by atoms with Crippen LogP contribution in [-0.2, 0) is 13.2 Å². The van der Waals surface area contributed by atoms with Crippen LogP contribution in [-0.4, -0.2) is 11.7 Å². The molecule has 0 bridgehead atoms. The van der Waals surface area contributed by atoms with Crippen molar-refractivity contribution in [2.45, 2.75) is 26.2 Å². The van der Waals surface area contributed by atoms with Crippen LogP contribution in [0.1, 0.15) is 28.4 Å². The molecule has 4 aromatic rings. The second-order valence-electron chi connectivity index (χ2n) is 7.54. The lowest BCUT2D eigenvalue weighted by atomic mass is 10.0. The van der Waals surface area contributed by atoms with Crippen molar-refractivity contribution in [3.05, 3.63) is 113 Å². The van der Waals surface area contributed by atoms with Gasteiger partial charge in [-0.3, -0.25) is 0 Å². The zero-order valence-corrected chi connectivity index (χ0v) is 17.2. The van der Waals surface area contributed by atoms with Crippen molar-refractivity contribution in [3.8, 4) is 5.75 Å². The Kier molecular flexibility index (Phi) is 6.43. The Hall–Kier alpha value is -3.14. The van der Waals surface area contributed by atoms with Gasteiger partial charge in [0.1, 0.15) is 12.4 Å². The number of hydrogen-bond donors (Lipinski definition) is 2. The van der Waals surface area contributed by atoms with Crippen molar-refractivity contribution in [2.24, 2.45) is 0 Å². The maximum Gasteiger partial charge on any atom is 0.124 e. The Balaban J connectivity index is 1.52. The third kappa shape index (κ3) is 4.70. The van der Waals surface area contributed by atoms with E-state index >= 15 is 0 Å². The second-order valence-corrected chi connectivity index (χ2v) is 7.54.